The molecule has 0 saturated carbocycles. The van der Waals surface area contributed by atoms with Gasteiger partial charge < -0.3 is 4.74 Å². The Hall–Kier alpha value is -0.480. The highest BCUT2D eigenvalue weighted by molar-refractivity contribution is 4.87. The van der Waals surface area contributed by atoms with Gasteiger partial charge in [0.1, 0.15) is 6.10 Å². The van der Waals surface area contributed by atoms with E-state index in [9.17, 15) is 0 Å². The zero-order valence-corrected chi connectivity index (χ0v) is 6.81. The number of hydrogen-bond acceptors (Lipinski definition) is 1. The van der Waals surface area contributed by atoms with Gasteiger partial charge in [-0.05, 0) is 19.3 Å². The summed E-state index contributed by atoms with van der Waals surface area (Å²) in [7, 11) is 0. The SMILES string of the molecule is [C]#CC(CCC)OCCC. The fraction of sp³-hybridized carbons (Fsp3) is 0.778. The Labute approximate surface area is 63.8 Å². The van der Waals surface area contributed by atoms with Crippen LogP contribution in [0.4, 0.5) is 0 Å². The minimum absolute atomic E-state index is 0.0649. The summed E-state index contributed by atoms with van der Waals surface area (Å²) in [6, 6.07) is 0. The zero-order valence-electron chi connectivity index (χ0n) is 6.81. The molecular weight excluding hydrogens is 124 g/mol. The van der Waals surface area contributed by atoms with Crippen molar-refractivity contribution in [3.05, 3.63) is 6.42 Å². The fourth-order valence-corrected chi connectivity index (χ4v) is 0.719. The highest BCUT2D eigenvalue weighted by Gasteiger charge is 2.00. The van der Waals surface area contributed by atoms with Gasteiger partial charge in [-0.25, -0.2) is 0 Å². The maximum absolute atomic E-state index is 6.87. The second kappa shape index (κ2) is 6.64. The predicted octanol–water partition coefficient (Wildman–Crippen LogP) is 2.17. The van der Waals surface area contributed by atoms with Crippen molar-refractivity contribution in [3.63, 3.8) is 0 Å². The molecule has 0 aliphatic carbocycles. The topological polar surface area (TPSA) is 9.23 Å². The van der Waals surface area contributed by atoms with Crippen LogP contribution in [0.25, 0.3) is 0 Å². The summed E-state index contributed by atoms with van der Waals surface area (Å²) in [5, 5.41) is 0. The second-order valence-electron chi connectivity index (χ2n) is 2.29. The van der Waals surface area contributed by atoms with Crippen molar-refractivity contribution in [2.45, 2.75) is 39.2 Å². The fourth-order valence-electron chi connectivity index (χ4n) is 0.719. The molecule has 0 fully saturated rings. The van der Waals surface area contributed by atoms with Crippen molar-refractivity contribution in [3.8, 4) is 5.92 Å². The smallest absolute Gasteiger partial charge is 0.119 e. The Bertz CT molecular complexity index is 102. The summed E-state index contributed by atoms with van der Waals surface area (Å²) in [6.45, 7) is 4.89. The number of rotatable bonds is 5. The highest BCUT2D eigenvalue weighted by atomic mass is 16.5. The number of ether oxygens (including phenoxy) is 1. The third-order valence-corrected chi connectivity index (χ3v) is 1.24. The molecule has 1 heteroatoms. The summed E-state index contributed by atoms with van der Waals surface area (Å²) in [6.07, 6.45) is 9.79. The van der Waals surface area contributed by atoms with E-state index in [0.717, 1.165) is 25.9 Å². The average Bonchev–Trinajstić information content (AvgIpc) is 1.98. The van der Waals surface area contributed by atoms with E-state index in [1.165, 1.54) is 0 Å². The molecule has 0 aliphatic heterocycles. The van der Waals surface area contributed by atoms with Crippen molar-refractivity contribution in [1.82, 2.24) is 0 Å². The van der Waals surface area contributed by atoms with Gasteiger partial charge in [0.15, 0.2) is 0 Å². The second-order valence-corrected chi connectivity index (χ2v) is 2.29. The van der Waals surface area contributed by atoms with E-state index in [2.05, 4.69) is 19.8 Å². The first-order valence-corrected chi connectivity index (χ1v) is 3.89. The molecule has 0 rings (SSSR count). The lowest BCUT2D eigenvalue weighted by Crippen LogP contribution is -2.09. The van der Waals surface area contributed by atoms with Gasteiger partial charge in [0.2, 0.25) is 0 Å². The molecule has 57 valence electrons. The van der Waals surface area contributed by atoms with Crippen LogP contribution in [0.3, 0.4) is 0 Å². The van der Waals surface area contributed by atoms with Crippen LogP contribution in [0.15, 0.2) is 0 Å². The minimum atomic E-state index is -0.0649. The Morgan fingerprint density at radius 1 is 1.40 bits per heavy atom. The monoisotopic (exact) mass is 139 g/mol. The van der Waals surface area contributed by atoms with Crippen LogP contribution >= 0.6 is 0 Å². The first-order valence-electron chi connectivity index (χ1n) is 3.89. The van der Waals surface area contributed by atoms with E-state index in [0.29, 0.717) is 0 Å². The van der Waals surface area contributed by atoms with Gasteiger partial charge in [-0.2, -0.15) is 0 Å². The molecule has 0 aromatic carbocycles. The molecule has 1 unspecified atom stereocenters. The van der Waals surface area contributed by atoms with Gasteiger partial charge in [-0.1, -0.05) is 26.2 Å². The van der Waals surface area contributed by atoms with Crippen LogP contribution in [0, 0.1) is 12.3 Å². The Kier molecular flexibility index (Phi) is 6.32. The van der Waals surface area contributed by atoms with Crippen LogP contribution in [-0.2, 0) is 4.74 Å². The third-order valence-electron chi connectivity index (χ3n) is 1.24. The van der Waals surface area contributed by atoms with E-state index in [-0.39, 0.29) is 6.10 Å². The molecule has 0 bridgehead atoms. The molecule has 10 heavy (non-hydrogen) atoms. The largest absolute Gasteiger partial charge is 0.366 e. The van der Waals surface area contributed by atoms with Crippen molar-refractivity contribution < 1.29 is 4.74 Å². The first-order chi connectivity index (χ1) is 4.85. The summed E-state index contributed by atoms with van der Waals surface area (Å²) in [5.41, 5.74) is 0. The van der Waals surface area contributed by atoms with E-state index in [1.54, 1.807) is 0 Å². The van der Waals surface area contributed by atoms with Crippen molar-refractivity contribution >= 4 is 0 Å². The van der Waals surface area contributed by atoms with Gasteiger partial charge in [0.25, 0.3) is 0 Å². The molecule has 1 atom stereocenters. The normalized spacial score (nSPS) is 12.5. The lowest BCUT2D eigenvalue weighted by Gasteiger charge is -2.08. The third kappa shape index (κ3) is 4.40. The van der Waals surface area contributed by atoms with Gasteiger partial charge in [-0.15, -0.1) is 0 Å². The Morgan fingerprint density at radius 3 is 2.50 bits per heavy atom. The van der Waals surface area contributed by atoms with E-state index in [1.807, 2.05) is 0 Å². The molecule has 0 aromatic rings. The lowest BCUT2D eigenvalue weighted by molar-refractivity contribution is 0.0856. The van der Waals surface area contributed by atoms with Gasteiger partial charge in [0, 0.05) is 6.61 Å². The molecule has 0 saturated heterocycles. The average molecular weight is 139 g/mol. The molecule has 1 radical (unpaired) electrons. The molecular formula is C9H15O. The predicted molar refractivity (Wildman–Crippen MR) is 42.1 cm³/mol. The molecule has 0 aromatic heterocycles. The summed E-state index contributed by atoms with van der Waals surface area (Å²) in [4.78, 5) is 0. The van der Waals surface area contributed by atoms with Crippen LogP contribution in [0.5, 0.6) is 0 Å². The molecule has 0 spiro atoms. The standard InChI is InChI=1S/C9H15O/c1-4-7-9(6-3)10-8-5-2/h9H,4-5,7-8H2,1-2H3. The van der Waals surface area contributed by atoms with Crippen molar-refractivity contribution in [1.29, 1.82) is 0 Å². The molecule has 0 amide bonds. The van der Waals surface area contributed by atoms with Crippen LogP contribution in [0.1, 0.15) is 33.1 Å². The lowest BCUT2D eigenvalue weighted by atomic mass is 10.2. The van der Waals surface area contributed by atoms with Crippen LogP contribution < -0.4 is 0 Å². The van der Waals surface area contributed by atoms with Crippen molar-refractivity contribution in [2.75, 3.05) is 6.61 Å². The van der Waals surface area contributed by atoms with Crippen LogP contribution in [-0.4, -0.2) is 12.7 Å². The van der Waals surface area contributed by atoms with E-state index < -0.39 is 0 Å². The summed E-state index contributed by atoms with van der Waals surface area (Å²) < 4.78 is 5.28. The Morgan fingerprint density at radius 2 is 2.10 bits per heavy atom. The molecule has 0 N–H and O–H groups in total. The zero-order chi connectivity index (χ0) is 7.82. The highest BCUT2D eigenvalue weighted by Crippen LogP contribution is 2.00. The molecule has 1 nitrogen and oxygen atoms in total. The van der Waals surface area contributed by atoms with Gasteiger partial charge in [0.05, 0.1) is 0 Å². The summed E-state index contributed by atoms with van der Waals surface area (Å²) >= 11 is 0. The Balaban J connectivity index is 3.33. The maximum Gasteiger partial charge on any atom is 0.119 e. The molecule has 0 aliphatic rings. The van der Waals surface area contributed by atoms with E-state index in [4.69, 9.17) is 11.2 Å². The minimum Gasteiger partial charge on any atom is -0.366 e. The summed E-state index contributed by atoms with van der Waals surface area (Å²) in [5.74, 6) is 2.37. The quantitative estimate of drug-likeness (QED) is 0.530. The molecule has 0 heterocycles. The van der Waals surface area contributed by atoms with Gasteiger partial charge in [-0.3, -0.25) is 0 Å². The first kappa shape index (κ1) is 9.52. The maximum atomic E-state index is 6.87. The van der Waals surface area contributed by atoms with Crippen molar-refractivity contribution in [2.24, 2.45) is 0 Å². The van der Waals surface area contributed by atoms with Crippen LogP contribution in [0.2, 0.25) is 0 Å². The van der Waals surface area contributed by atoms with E-state index >= 15 is 0 Å². The van der Waals surface area contributed by atoms with Gasteiger partial charge >= 0.3 is 0 Å². The number of hydrogen-bond donors (Lipinski definition) is 0.